The van der Waals surface area contributed by atoms with Gasteiger partial charge in [0.05, 0.1) is 0 Å². The summed E-state index contributed by atoms with van der Waals surface area (Å²) in [6.45, 7) is -0.0694. The van der Waals surface area contributed by atoms with Crippen LogP contribution in [0.15, 0.2) is 30.6 Å². The van der Waals surface area contributed by atoms with Crippen LogP contribution in [0.3, 0.4) is 0 Å². The molecule has 0 atom stereocenters. The monoisotopic (exact) mass is 141 g/mol. The van der Waals surface area contributed by atoms with Gasteiger partial charge in [-0.2, -0.15) is 0 Å². The highest BCUT2D eigenvalue weighted by Gasteiger charge is 1.58. The van der Waals surface area contributed by atoms with Crippen LogP contribution in [0.4, 0.5) is 0 Å². The highest BCUT2D eigenvalue weighted by molar-refractivity contribution is 5.35. The van der Waals surface area contributed by atoms with Gasteiger partial charge in [-0.05, 0) is 12.1 Å². The van der Waals surface area contributed by atoms with E-state index in [-0.39, 0.29) is 6.47 Å². The molecule has 0 bridgehead atoms. The molecule has 0 aliphatic heterocycles. The highest BCUT2D eigenvalue weighted by atomic mass is 17.1. The van der Waals surface area contributed by atoms with Crippen molar-refractivity contribution >= 4 is 6.47 Å². The van der Waals surface area contributed by atoms with Crippen molar-refractivity contribution in [2.75, 3.05) is 0 Å². The number of rotatable bonds is 1. The van der Waals surface area contributed by atoms with Crippen LogP contribution in [-0.2, 0) is 9.68 Å². The zero-order valence-corrected chi connectivity index (χ0v) is 5.18. The van der Waals surface area contributed by atoms with E-state index in [9.17, 15) is 0 Å². The molecular formula is C6H7NO3. The molecule has 0 saturated carbocycles. The fraction of sp³-hybridized carbons (Fsp3) is 0. The molecule has 0 aliphatic carbocycles. The minimum atomic E-state index is -0.0694. The van der Waals surface area contributed by atoms with Gasteiger partial charge in [-0.3, -0.25) is 9.78 Å². The number of carbonyl (C=O) groups excluding carboxylic acids is 1. The van der Waals surface area contributed by atoms with Gasteiger partial charge in [0.2, 0.25) is 0 Å². The summed E-state index contributed by atoms with van der Waals surface area (Å²) in [6, 6.07) is 5.72. The molecule has 54 valence electrons. The molecule has 0 aromatic carbocycles. The maximum atomic E-state index is 8.70. The summed E-state index contributed by atoms with van der Waals surface area (Å²) in [4.78, 5) is 15.3. The van der Waals surface area contributed by atoms with E-state index in [1.807, 2.05) is 18.2 Å². The molecule has 0 amide bonds. The highest BCUT2D eigenvalue weighted by Crippen LogP contribution is 1.73. The average Bonchev–Trinajstić information content (AvgIpc) is 2.08. The van der Waals surface area contributed by atoms with Gasteiger partial charge in [0.25, 0.3) is 0 Å². The van der Waals surface area contributed by atoms with Crippen molar-refractivity contribution in [3.05, 3.63) is 30.6 Å². The Balaban J connectivity index is 0.000000180. The van der Waals surface area contributed by atoms with Crippen LogP contribution < -0.4 is 0 Å². The molecule has 4 nitrogen and oxygen atoms in total. The summed E-state index contributed by atoms with van der Waals surface area (Å²) >= 11 is 0. The summed E-state index contributed by atoms with van der Waals surface area (Å²) in [5.41, 5.74) is 0. The first-order valence-electron chi connectivity index (χ1n) is 2.50. The Kier molecular flexibility index (Phi) is 6.50. The van der Waals surface area contributed by atoms with Crippen molar-refractivity contribution in [2.45, 2.75) is 0 Å². The van der Waals surface area contributed by atoms with Gasteiger partial charge in [0, 0.05) is 12.4 Å². The smallest absolute Gasteiger partial charge is 0.304 e. The van der Waals surface area contributed by atoms with Crippen molar-refractivity contribution in [3.8, 4) is 0 Å². The van der Waals surface area contributed by atoms with Crippen LogP contribution in [0.25, 0.3) is 0 Å². The Morgan fingerprint density at radius 1 is 1.30 bits per heavy atom. The first-order valence-corrected chi connectivity index (χ1v) is 2.50. The summed E-state index contributed by atoms with van der Waals surface area (Å²) < 4.78 is 0. The number of nitrogens with zero attached hydrogens (tertiary/aromatic N) is 1. The second kappa shape index (κ2) is 7.58. The lowest BCUT2D eigenvalue weighted by Gasteiger charge is -1.70. The number of hydrogen-bond donors (Lipinski definition) is 1. The SMILES string of the molecule is O=COO.c1ccncc1. The number of hydrogen-bond acceptors (Lipinski definition) is 4. The molecule has 0 unspecified atom stereocenters. The Labute approximate surface area is 58.0 Å². The van der Waals surface area contributed by atoms with Gasteiger partial charge in [0.1, 0.15) is 0 Å². The molecule has 0 radical (unpaired) electrons. The van der Waals surface area contributed by atoms with Gasteiger partial charge >= 0.3 is 6.47 Å². The van der Waals surface area contributed by atoms with Crippen LogP contribution in [0, 0.1) is 0 Å². The molecule has 1 heterocycles. The zero-order valence-electron chi connectivity index (χ0n) is 5.18. The lowest BCUT2D eigenvalue weighted by molar-refractivity contribution is -0.217. The topological polar surface area (TPSA) is 59.4 Å². The van der Waals surface area contributed by atoms with Crippen molar-refractivity contribution in [2.24, 2.45) is 0 Å². The van der Waals surface area contributed by atoms with Crippen molar-refractivity contribution < 1.29 is 14.9 Å². The third-order valence-corrected chi connectivity index (χ3v) is 0.610. The Morgan fingerprint density at radius 3 is 1.90 bits per heavy atom. The van der Waals surface area contributed by atoms with Crippen molar-refractivity contribution in [1.82, 2.24) is 4.98 Å². The molecule has 4 heteroatoms. The molecule has 1 aromatic rings. The Morgan fingerprint density at radius 2 is 1.80 bits per heavy atom. The first kappa shape index (κ1) is 8.58. The molecule has 1 rings (SSSR count). The molecule has 1 aromatic heterocycles. The van der Waals surface area contributed by atoms with Gasteiger partial charge < -0.3 is 4.89 Å². The van der Waals surface area contributed by atoms with Crippen LogP contribution in [-0.4, -0.2) is 16.7 Å². The lowest BCUT2D eigenvalue weighted by Crippen LogP contribution is -1.69. The zero-order chi connectivity index (χ0) is 7.66. The Bertz CT molecular complexity index is 128. The Hall–Kier alpha value is -1.42. The molecule has 0 spiro atoms. The second-order valence-corrected chi connectivity index (χ2v) is 1.23. The third kappa shape index (κ3) is 6.58. The summed E-state index contributed by atoms with van der Waals surface area (Å²) in [7, 11) is 0. The second-order valence-electron chi connectivity index (χ2n) is 1.23. The van der Waals surface area contributed by atoms with E-state index in [2.05, 4.69) is 9.87 Å². The van der Waals surface area contributed by atoms with Gasteiger partial charge in [0.15, 0.2) is 0 Å². The molecule has 0 aliphatic rings. The molecule has 0 saturated heterocycles. The fourth-order valence-corrected chi connectivity index (χ4v) is 0.313. The van der Waals surface area contributed by atoms with Gasteiger partial charge in [-0.25, -0.2) is 5.26 Å². The average molecular weight is 141 g/mol. The van der Waals surface area contributed by atoms with E-state index in [1.54, 1.807) is 12.4 Å². The maximum absolute atomic E-state index is 8.70. The van der Waals surface area contributed by atoms with Gasteiger partial charge in [-0.15, -0.1) is 0 Å². The summed E-state index contributed by atoms with van der Waals surface area (Å²) in [5, 5.41) is 7.01. The van der Waals surface area contributed by atoms with E-state index in [4.69, 9.17) is 10.1 Å². The third-order valence-electron chi connectivity index (χ3n) is 0.610. The number of aromatic nitrogens is 1. The molecule has 0 fully saturated rings. The van der Waals surface area contributed by atoms with E-state index in [0.29, 0.717) is 0 Å². The summed E-state index contributed by atoms with van der Waals surface area (Å²) in [5.74, 6) is 0. The largest absolute Gasteiger partial charge is 0.330 e. The van der Waals surface area contributed by atoms with E-state index >= 15 is 0 Å². The molecule has 1 N–H and O–H groups in total. The van der Waals surface area contributed by atoms with E-state index < -0.39 is 0 Å². The van der Waals surface area contributed by atoms with Crippen LogP contribution in [0.1, 0.15) is 0 Å². The van der Waals surface area contributed by atoms with Crippen LogP contribution >= 0.6 is 0 Å². The minimum Gasteiger partial charge on any atom is -0.304 e. The normalized spacial score (nSPS) is 6.90. The van der Waals surface area contributed by atoms with Crippen LogP contribution in [0.2, 0.25) is 0 Å². The van der Waals surface area contributed by atoms with Crippen molar-refractivity contribution in [3.63, 3.8) is 0 Å². The van der Waals surface area contributed by atoms with E-state index in [1.165, 1.54) is 0 Å². The maximum Gasteiger partial charge on any atom is 0.330 e. The summed E-state index contributed by atoms with van der Waals surface area (Å²) in [6.07, 6.45) is 3.50. The molecular weight excluding hydrogens is 134 g/mol. The fourth-order valence-electron chi connectivity index (χ4n) is 0.313. The predicted octanol–water partition coefficient (Wildman–Crippen LogP) is 0.714. The standard InChI is InChI=1S/C5H5N.CH2O3/c1-2-4-6-5-3-1;2-1-4-3/h1-5H;1,3H. The lowest BCUT2D eigenvalue weighted by atomic mass is 10.5. The number of carbonyl (C=O) groups is 1. The van der Waals surface area contributed by atoms with Crippen LogP contribution in [0.5, 0.6) is 0 Å². The minimum absolute atomic E-state index is 0.0694. The van der Waals surface area contributed by atoms with Gasteiger partial charge in [-0.1, -0.05) is 6.07 Å². The van der Waals surface area contributed by atoms with Crippen molar-refractivity contribution in [1.29, 1.82) is 0 Å². The van der Waals surface area contributed by atoms with E-state index in [0.717, 1.165) is 0 Å². The quantitative estimate of drug-likeness (QED) is 0.355. The molecule has 10 heavy (non-hydrogen) atoms. The predicted molar refractivity (Wildman–Crippen MR) is 34.0 cm³/mol. The number of pyridine rings is 1. The first-order chi connectivity index (χ1) is 4.91.